The van der Waals surface area contributed by atoms with E-state index < -0.39 is 23.8 Å². The Morgan fingerprint density at radius 3 is 2.14 bits per heavy atom. The molecule has 1 heterocycles. The highest BCUT2D eigenvalue weighted by atomic mass is 127. The van der Waals surface area contributed by atoms with Crippen LogP contribution in [0.4, 0.5) is 5.69 Å². The second-order valence-electron chi connectivity index (χ2n) is 7.45. The molecule has 0 radical (unpaired) electrons. The summed E-state index contributed by atoms with van der Waals surface area (Å²) in [7, 11) is 3.54. The largest absolute Gasteiger partial charge is 0.466 e. The van der Waals surface area contributed by atoms with Crippen molar-refractivity contribution in [1.82, 2.24) is 0 Å². The number of anilines is 1. The number of hydrogen-bond donors (Lipinski definition) is 1. The van der Waals surface area contributed by atoms with Crippen molar-refractivity contribution in [3.63, 3.8) is 0 Å². The molecule has 0 bridgehead atoms. The maximum atomic E-state index is 13.2. The Balaban J connectivity index is 2.51. The highest BCUT2D eigenvalue weighted by Crippen LogP contribution is 2.44. The predicted octanol–water partition coefficient (Wildman–Crippen LogP) is 3.28. The standard InChI is InChI=1S/C25H22IN3O6/c1-13-10-18(15(11-17(13)26)23(30)33-2)29-21(25(32)35-4)20(24(31)34-3)19(16(12-27)22(29)28)14-8-6-5-7-9-14/h5-11,19H,28H2,1-4H3. The van der Waals surface area contributed by atoms with Crippen molar-refractivity contribution in [2.24, 2.45) is 5.73 Å². The van der Waals surface area contributed by atoms with Crippen LogP contribution in [-0.4, -0.2) is 39.2 Å². The van der Waals surface area contributed by atoms with E-state index in [4.69, 9.17) is 19.9 Å². The van der Waals surface area contributed by atoms with Gasteiger partial charge in [-0.2, -0.15) is 5.26 Å². The van der Waals surface area contributed by atoms with Crippen LogP contribution >= 0.6 is 22.6 Å². The average Bonchev–Trinajstić information content (AvgIpc) is 2.88. The van der Waals surface area contributed by atoms with Crippen molar-refractivity contribution in [3.05, 3.63) is 85.4 Å². The lowest BCUT2D eigenvalue weighted by Gasteiger charge is -2.36. The number of esters is 3. The van der Waals surface area contributed by atoms with Crippen molar-refractivity contribution in [2.45, 2.75) is 12.8 Å². The minimum Gasteiger partial charge on any atom is -0.466 e. The first-order valence-corrected chi connectivity index (χ1v) is 11.3. The maximum Gasteiger partial charge on any atom is 0.355 e. The van der Waals surface area contributed by atoms with E-state index in [1.54, 1.807) is 49.4 Å². The number of allylic oxidation sites excluding steroid dienone is 1. The zero-order valence-corrected chi connectivity index (χ0v) is 21.6. The second kappa shape index (κ2) is 10.6. The van der Waals surface area contributed by atoms with Gasteiger partial charge in [0.2, 0.25) is 0 Å². The van der Waals surface area contributed by atoms with E-state index in [2.05, 4.69) is 28.7 Å². The van der Waals surface area contributed by atoms with E-state index in [0.29, 0.717) is 5.56 Å². The Kier molecular flexibility index (Phi) is 7.81. The molecule has 0 aliphatic carbocycles. The summed E-state index contributed by atoms with van der Waals surface area (Å²) in [5, 5.41) is 10.1. The SMILES string of the molecule is COC(=O)C1=C(C(=O)OC)N(c2cc(C)c(I)cc2C(=O)OC)C(N)=C(C#N)C1c1ccccc1. The molecule has 0 saturated heterocycles. The lowest BCUT2D eigenvalue weighted by atomic mass is 9.80. The molecule has 3 rings (SSSR count). The average molecular weight is 587 g/mol. The summed E-state index contributed by atoms with van der Waals surface area (Å²) in [5.41, 5.74) is 7.61. The first kappa shape index (κ1) is 25.8. The number of methoxy groups -OCH3 is 3. The number of nitrogens with zero attached hydrogens (tertiary/aromatic N) is 2. The Morgan fingerprint density at radius 1 is 1.00 bits per heavy atom. The van der Waals surface area contributed by atoms with Gasteiger partial charge in [0.05, 0.1) is 55.7 Å². The number of halogens is 1. The number of rotatable bonds is 5. The fourth-order valence-corrected chi connectivity index (χ4v) is 4.36. The molecule has 0 saturated carbocycles. The normalized spacial score (nSPS) is 15.4. The quantitative estimate of drug-likeness (QED) is 0.318. The molecule has 1 aliphatic heterocycles. The van der Waals surface area contributed by atoms with E-state index in [-0.39, 0.29) is 33.9 Å². The summed E-state index contributed by atoms with van der Waals surface area (Å²) in [6.45, 7) is 1.80. The van der Waals surface area contributed by atoms with Gasteiger partial charge in [0.15, 0.2) is 0 Å². The predicted molar refractivity (Wildman–Crippen MR) is 135 cm³/mol. The van der Waals surface area contributed by atoms with Crippen molar-refractivity contribution < 1.29 is 28.6 Å². The van der Waals surface area contributed by atoms with Crippen LogP contribution < -0.4 is 10.6 Å². The van der Waals surface area contributed by atoms with E-state index in [9.17, 15) is 19.6 Å². The van der Waals surface area contributed by atoms with Gasteiger partial charge >= 0.3 is 17.9 Å². The first-order valence-electron chi connectivity index (χ1n) is 10.3. The lowest BCUT2D eigenvalue weighted by Crippen LogP contribution is -2.41. The van der Waals surface area contributed by atoms with E-state index >= 15 is 0 Å². The molecule has 0 aromatic heterocycles. The summed E-state index contributed by atoms with van der Waals surface area (Å²) < 4.78 is 15.7. The van der Waals surface area contributed by atoms with Gasteiger partial charge in [0, 0.05) is 3.57 Å². The van der Waals surface area contributed by atoms with E-state index in [0.717, 1.165) is 16.2 Å². The molecule has 9 nitrogen and oxygen atoms in total. The number of aryl methyl sites for hydroxylation is 1. The summed E-state index contributed by atoms with van der Waals surface area (Å²) >= 11 is 2.06. The lowest BCUT2D eigenvalue weighted by molar-refractivity contribution is -0.139. The monoisotopic (exact) mass is 587 g/mol. The Bertz CT molecular complexity index is 1310. The molecular weight excluding hydrogens is 565 g/mol. The first-order chi connectivity index (χ1) is 16.7. The zero-order chi connectivity index (χ0) is 25.9. The number of carbonyl (C=O) groups is 3. The molecule has 0 spiro atoms. The summed E-state index contributed by atoms with van der Waals surface area (Å²) in [6.07, 6.45) is 0. The number of carbonyl (C=O) groups excluding carboxylic acids is 3. The van der Waals surface area contributed by atoms with Crippen molar-refractivity contribution in [2.75, 3.05) is 26.2 Å². The molecule has 2 aromatic rings. The summed E-state index contributed by atoms with van der Waals surface area (Å²) in [6, 6.07) is 13.9. The number of hydrogen-bond acceptors (Lipinski definition) is 9. The maximum absolute atomic E-state index is 13.2. The molecular formula is C25H22IN3O6. The smallest absolute Gasteiger partial charge is 0.355 e. The van der Waals surface area contributed by atoms with Crippen LogP contribution in [0.25, 0.3) is 0 Å². The number of nitrogens with two attached hydrogens (primary N) is 1. The van der Waals surface area contributed by atoms with Gasteiger partial charge in [-0.25, -0.2) is 14.4 Å². The van der Waals surface area contributed by atoms with Gasteiger partial charge in [0.1, 0.15) is 11.5 Å². The molecule has 1 unspecified atom stereocenters. The van der Waals surface area contributed by atoms with Gasteiger partial charge in [-0.1, -0.05) is 30.3 Å². The van der Waals surface area contributed by atoms with Gasteiger partial charge in [-0.15, -0.1) is 0 Å². The molecule has 10 heteroatoms. The fourth-order valence-electron chi connectivity index (χ4n) is 3.89. The molecule has 35 heavy (non-hydrogen) atoms. The molecule has 1 aliphatic rings. The summed E-state index contributed by atoms with van der Waals surface area (Å²) in [5.74, 6) is -3.60. The Morgan fingerprint density at radius 2 is 1.60 bits per heavy atom. The minimum absolute atomic E-state index is 0.00345. The topological polar surface area (TPSA) is 132 Å². The van der Waals surface area contributed by atoms with Crippen LogP contribution in [0.3, 0.4) is 0 Å². The zero-order valence-electron chi connectivity index (χ0n) is 19.4. The molecule has 1 atom stereocenters. The van der Waals surface area contributed by atoms with E-state index in [1.807, 2.05) is 0 Å². The van der Waals surface area contributed by atoms with E-state index in [1.165, 1.54) is 19.1 Å². The molecule has 2 aromatic carbocycles. The Labute approximate surface area is 215 Å². The molecule has 0 fully saturated rings. The fraction of sp³-hybridized carbons (Fsp3) is 0.200. The van der Waals surface area contributed by atoms with Gasteiger partial charge in [-0.3, -0.25) is 4.90 Å². The number of nitriles is 1. The number of ether oxygens (including phenoxy) is 3. The second-order valence-corrected chi connectivity index (χ2v) is 8.61. The minimum atomic E-state index is -1.01. The third-order valence-electron chi connectivity index (χ3n) is 5.53. The van der Waals surface area contributed by atoms with Gasteiger partial charge in [0.25, 0.3) is 0 Å². The van der Waals surface area contributed by atoms with Gasteiger partial charge < -0.3 is 19.9 Å². The molecule has 180 valence electrons. The van der Waals surface area contributed by atoms with Crippen LogP contribution in [-0.2, 0) is 23.8 Å². The van der Waals surface area contributed by atoms with Crippen molar-refractivity contribution in [1.29, 1.82) is 5.26 Å². The van der Waals surface area contributed by atoms with Crippen molar-refractivity contribution in [3.8, 4) is 6.07 Å². The molecule has 0 amide bonds. The number of benzene rings is 2. The molecule has 2 N–H and O–H groups in total. The third kappa shape index (κ3) is 4.59. The van der Waals surface area contributed by atoms with Gasteiger partial charge in [-0.05, 0) is 52.8 Å². The van der Waals surface area contributed by atoms with Crippen LogP contribution in [0.1, 0.15) is 27.4 Å². The van der Waals surface area contributed by atoms with Crippen LogP contribution in [0.2, 0.25) is 0 Å². The van der Waals surface area contributed by atoms with Crippen LogP contribution in [0.5, 0.6) is 0 Å². The summed E-state index contributed by atoms with van der Waals surface area (Å²) in [4.78, 5) is 40.2. The third-order valence-corrected chi connectivity index (χ3v) is 6.70. The van der Waals surface area contributed by atoms with Crippen LogP contribution in [0, 0.1) is 21.8 Å². The highest BCUT2D eigenvalue weighted by molar-refractivity contribution is 14.1. The Hall–Kier alpha value is -3.85. The highest BCUT2D eigenvalue weighted by Gasteiger charge is 2.43. The van der Waals surface area contributed by atoms with Crippen molar-refractivity contribution >= 4 is 46.2 Å². The van der Waals surface area contributed by atoms with Crippen LogP contribution in [0.15, 0.2) is 65.1 Å².